The van der Waals surface area contributed by atoms with E-state index in [0.717, 1.165) is 0 Å². The predicted octanol–water partition coefficient (Wildman–Crippen LogP) is 1.21. The zero-order chi connectivity index (χ0) is 17.6. The molecule has 0 saturated carbocycles. The number of benzene rings is 1. The third-order valence-corrected chi connectivity index (χ3v) is 4.59. The highest BCUT2D eigenvalue weighted by Crippen LogP contribution is 2.12. The van der Waals surface area contributed by atoms with Crippen molar-refractivity contribution in [1.29, 1.82) is 0 Å². The molecule has 1 rings (SSSR count). The van der Waals surface area contributed by atoms with Gasteiger partial charge in [-0.05, 0) is 38.0 Å². The first-order chi connectivity index (χ1) is 10.6. The molecule has 0 radical (unpaired) electrons. The Balaban J connectivity index is 2.80. The van der Waals surface area contributed by atoms with Crippen LogP contribution >= 0.6 is 0 Å². The average Bonchev–Trinajstić information content (AvgIpc) is 2.43. The molecule has 0 bridgehead atoms. The first-order valence-electron chi connectivity index (χ1n) is 7.24. The summed E-state index contributed by atoms with van der Waals surface area (Å²) in [5, 5.41) is 11.3. The maximum absolute atomic E-state index is 12.1. The van der Waals surface area contributed by atoms with Crippen molar-refractivity contribution in [2.75, 3.05) is 6.54 Å². The average molecular weight is 342 g/mol. The number of carboxylic acids is 1. The summed E-state index contributed by atoms with van der Waals surface area (Å²) in [6, 6.07) is 5.45. The van der Waals surface area contributed by atoms with E-state index in [2.05, 4.69) is 10.0 Å². The highest BCUT2D eigenvalue weighted by Gasteiger charge is 2.17. The summed E-state index contributed by atoms with van der Waals surface area (Å²) >= 11 is 0. The zero-order valence-corrected chi connectivity index (χ0v) is 14.2. The van der Waals surface area contributed by atoms with Crippen LogP contribution in [-0.4, -0.2) is 38.0 Å². The molecular weight excluding hydrogens is 320 g/mol. The summed E-state index contributed by atoms with van der Waals surface area (Å²) < 4.78 is 26.6. The smallest absolute Gasteiger partial charge is 0.303 e. The van der Waals surface area contributed by atoms with Gasteiger partial charge in [-0.3, -0.25) is 9.59 Å². The minimum absolute atomic E-state index is 0.0115. The van der Waals surface area contributed by atoms with Crippen molar-refractivity contribution < 1.29 is 23.1 Å². The van der Waals surface area contributed by atoms with E-state index in [-0.39, 0.29) is 35.4 Å². The number of carbonyl (C=O) groups excluding carboxylic acids is 1. The van der Waals surface area contributed by atoms with Crippen molar-refractivity contribution in [3.63, 3.8) is 0 Å². The molecule has 8 heteroatoms. The van der Waals surface area contributed by atoms with Crippen LogP contribution in [0.4, 0.5) is 0 Å². The molecule has 3 N–H and O–H groups in total. The van der Waals surface area contributed by atoms with Crippen molar-refractivity contribution in [3.8, 4) is 0 Å². The fourth-order valence-corrected chi connectivity index (χ4v) is 3.22. The van der Waals surface area contributed by atoms with Crippen LogP contribution in [0.5, 0.6) is 0 Å². The van der Waals surface area contributed by atoms with Crippen LogP contribution in [-0.2, 0) is 14.8 Å². The number of hydrogen-bond donors (Lipinski definition) is 3. The lowest BCUT2D eigenvalue weighted by Gasteiger charge is -2.12. The Morgan fingerprint density at radius 1 is 1.22 bits per heavy atom. The van der Waals surface area contributed by atoms with Crippen molar-refractivity contribution in [1.82, 2.24) is 10.0 Å². The summed E-state index contributed by atoms with van der Waals surface area (Å²) in [6.45, 7) is 5.32. The minimum atomic E-state index is -3.67. The molecule has 23 heavy (non-hydrogen) atoms. The third kappa shape index (κ3) is 6.37. The molecule has 7 nitrogen and oxygen atoms in total. The fourth-order valence-electron chi connectivity index (χ4n) is 1.92. The van der Waals surface area contributed by atoms with Crippen LogP contribution in [0.1, 0.15) is 37.6 Å². The van der Waals surface area contributed by atoms with Gasteiger partial charge in [0.2, 0.25) is 10.0 Å². The molecule has 0 aliphatic heterocycles. The van der Waals surface area contributed by atoms with Gasteiger partial charge in [-0.25, -0.2) is 13.1 Å². The highest BCUT2D eigenvalue weighted by molar-refractivity contribution is 7.89. The van der Waals surface area contributed by atoms with E-state index in [0.29, 0.717) is 0 Å². The molecule has 0 aliphatic carbocycles. The van der Waals surface area contributed by atoms with E-state index >= 15 is 0 Å². The Bertz CT molecular complexity index is 670. The Kier molecular flexibility index (Phi) is 6.71. The monoisotopic (exact) mass is 342 g/mol. The normalized spacial score (nSPS) is 12.9. The molecule has 1 atom stereocenters. The van der Waals surface area contributed by atoms with Crippen molar-refractivity contribution >= 4 is 21.9 Å². The van der Waals surface area contributed by atoms with Crippen LogP contribution < -0.4 is 10.0 Å². The lowest BCUT2D eigenvalue weighted by Crippen LogP contribution is -2.31. The summed E-state index contributed by atoms with van der Waals surface area (Å²) in [5.74, 6) is -1.59. The van der Waals surface area contributed by atoms with Gasteiger partial charge >= 0.3 is 5.97 Å². The molecule has 1 aromatic carbocycles. The topological polar surface area (TPSA) is 113 Å². The van der Waals surface area contributed by atoms with Gasteiger partial charge in [0.05, 0.1) is 4.90 Å². The van der Waals surface area contributed by atoms with Gasteiger partial charge in [-0.2, -0.15) is 0 Å². The second kappa shape index (κ2) is 8.07. The number of carbonyl (C=O) groups is 2. The number of aliphatic carboxylic acids is 1. The Hall–Kier alpha value is -1.93. The van der Waals surface area contributed by atoms with Crippen molar-refractivity contribution in [3.05, 3.63) is 29.8 Å². The molecule has 1 unspecified atom stereocenters. The molecule has 0 heterocycles. The quantitative estimate of drug-likeness (QED) is 0.657. The molecule has 0 saturated heterocycles. The molecule has 128 valence electrons. The first-order valence-corrected chi connectivity index (χ1v) is 8.72. The van der Waals surface area contributed by atoms with E-state index in [1.54, 1.807) is 20.8 Å². The van der Waals surface area contributed by atoms with E-state index in [1.165, 1.54) is 24.3 Å². The lowest BCUT2D eigenvalue weighted by atomic mass is 10.1. The molecule has 1 aromatic rings. The van der Waals surface area contributed by atoms with Gasteiger partial charge in [0, 0.05) is 24.6 Å². The number of amides is 1. The van der Waals surface area contributed by atoms with Gasteiger partial charge in [0.15, 0.2) is 0 Å². The van der Waals surface area contributed by atoms with Gasteiger partial charge < -0.3 is 10.4 Å². The van der Waals surface area contributed by atoms with E-state index < -0.39 is 21.9 Å². The summed E-state index contributed by atoms with van der Waals surface area (Å²) in [4.78, 5) is 22.7. The predicted molar refractivity (Wildman–Crippen MR) is 85.6 cm³/mol. The number of rotatable bonds is 8. The molecule has 0 fully saturated rings. The fraction of sp³-hybridized carbons (Fsp3) is 0.467. The molecule has 0 aromatic heterocycles. The van der Waals surface area contributed by atoms with Crippen molar-refractivity contribution in [2.24, 2.45) is 5.92 Å². The molecule has 0 aliphatic rings. The van der Waals surface area contributed by atoms with Crippen LogP contribution in [0.25, 0.3) is 0 Å². The van der Waals surface area contributed by atoms with E-state index in [1.807, 2.05) is 0 Å². The summed E-state index contributed by atoms with van der Waals surface area (Å²) in [6.07, 6.45) is -0.0486. The van der Waals surface area contributed by atoms with Gasteiger partial charge in [-0.15, -0.1) is 0 Å². The number of sulfonamides is 1. The third-order valence-electron chi connectivity index (χ3n) is 2.93. The number of hydrogen-bond acceptors (Lipinski definition) is 4. The zero-order valence-electron chi connectivity index (χ0n) is 13.4. The second-order valence-electron chi connectivity index (χ2n) is 5.72. The van der Waals surface area contributed by atoms with Crippen LogP contribution in [0.2, 0.25) is 0 Å². The Morgan fingerprint density at radius 3 is 2.43 bits per heavy atom. The maximum Gasteiger partial charge on any atom is 0.303 e. The van der Waals surface area contributed by atoms with Crippen LogP contribution in [0.3, 0.4) is 0 Å². The number of carboxylic acid groups (broad SMARTS) is 1. The highest BCUT2D eigenvalue weighted by atomic mass is 32.2. The van der Waals surface area contributed by atoms with Gasteiger partial charge in [0.1, 0.15) is 0 Å². The van der Waals surface area contributed by atoms with Gasteiger partial charge in [0.25, 0.3) is 5.91 Å². The summed E-state index contributed by atoms with van der Waals surface area (Å²) in [7, 11) is -3.67. The maximum atomic E-state index is 12.1. The molecule has 1 amide bonds. The largest absolute Gasteiger partial charge is 0.481 e. The molecular formula is C15H22N2O5S. The van der Waals surface area contributed by atoms with Gasteiger partial charge in [-0.1, -0.05) is 13.0 Å². The van der Waals surface area contributed by atoms with Crippen molar-refractivity contribution in [2.45, 2.75) is 38.1 Å². The first kappa shape index (κ1) is 19.1. The minimum Gasteiger partial charge on any atom is -0.481 e. The Labute approximate surface area is 136 Å². The van der Waals surface area contributed by atoms with Crippen LogP contribution in [0.15, 0.2) is 29.2 Å². The van der Waals surface area contributed by atoms with Crippen LogP contribution in [0, 0.1) is 5.92 Å². The standard InChI is InChI=1S/C15H22N2O5S/c1-10(2)17-23(21,22)13-6-4-5-12(8-13)15(20)16-9-11(3)7-14(18)19/h4-6,8,10-11,17H,7,9H2,1-3H3,(H,16,20)(H,18,19). The summed E-state index contributed by atoms with van der Waals surface area (Å²) in [5.41, 5.74) is 0.208. The Morgan fingerprint density at radius 2 is 1.87 bits per heavy atom. The number of nitrogens with one attached hydrogen (secondary N) is 2. The lowest BCUT2D eigenvalue weighted by molar-refractivity contribution is -0.137. The molecule has 0 spiro atoms. The SMILES string of the molecule is CC(CNC(=O)c1cccc(S(=O)(=O)NC(C)C)c1)CC(=O)O. The van der Waals surface area contributed by atoms with E-state index in [4.69, 9.17) is 5.11 Å². The second-order valence-corrected chi connectivity index (χ2v) is 7.43. The van der Waals surface area contributed by atoms with E-state index in [9.17, 15) is 18.0 Å².